The normalized spacial score (nSPS) is 12.5. The van der Waals surface area contributed by atoms with Crippen LogP contribution in [0.4, 0.5) is 0 Å². The third kappa shape index (κ3) is 2.68. The van der Waals surface area contributed by atoms with E-state index in [9.17, 15) is 0 Å². The molecule has 0 aliphatic heterocycles. The van der Waals surface area contributed by atoms with Crippen LogP contribution in [-0.2, 0) is 6.42 Å². The molecule has 0 aliphatic rings. The van der Waals surface area contributed by atoms with Crippen LogP contribution in [0.2, 0.25) is 0 Å². The third-order valence-electron chi connectivity index (χ3n) is 3.46. The van der Waals surface area contributed by atoms with Crippen molar-refractivity contribution in [3.05, 3.63) is 71.5 Å². The first kappa shape index (κ1) is 12.8. The van der Waals surface area contributed by atoms with Gasteiger partial charge in [-0.15, -0.1) is 0 Å². The molecule has 0 saturated heterocycles. The maximum Gasteiger partial charge on any atom is 0.0890 e. The number of hydrogen-bond acceptors (Lipinski definition) is 3. The molecule has 3 rings (SSSR count). The van der Waals surface area contributed by atoms with Gasteiger partial charge in [0.25, 0.3) is 0 Å². The largest absolute Gasteiger partial charge is 0.324 e. The van der Waals surface area contributed by atoms with Gasteiger partial charge in [0, 0.05) is 18.4 Å². The second kappa shape index (κ2) is 5.39. The molecule has 1 heterocycles. The van der Waals surface area contributed by atoms with Crippen LogP contribution >= 0.6 is 0 Å². The highest BCUT2D eigenvalue weighted by molar-refractivity contribution is 5.74. The second-order valence-corrected chi connectivity index (χ2v) is 5.10. The van der Waals surface area contributed by atoms with Gasteiger partial charge >= 0.3 is 0 Å². The van der Waals surface area contributed by atoms with E-state index in [0.29, 0.717) is 0 Å². The van der Waals surface area contributed by atoms with Gasteiger partial charge in [-0.2, -0.15) is 0 Å². The van der Waals surface area contributed by atoms with Crippen molar-refractivity contribution in [2.45, 2.75) is 19.4 Å². The van der Waals surface area contributed by atoms with Crippen molar-refractivity contribution in [3.63, 3.8) is 0 Å². The van der Waals surface area contributed by atoms with Gasteiger partial charge in [-0.25, -0.2) is 0 Å². The SMILES string of the molecule is Cc1cccc(CC(N)c2ccc3nccnc3c2)c1. The first-order valence-corrected chi connectivity index (χ1v) is 6.74. The minimum Gasteiger partial charge on any atom is -0.324 e. The maximum absolute atomic E-state index is 6.32. The van der Waals surface area contributed by atoms with E-state index in [1.54, 1.807) is 12.4 Å². The lowest BCUT2D eigenvalue weighted by atomic mass is 9.98. The summed E-state index contributed by atoms with van der Waals surface area (Å²) >= 11 is 0. The van der Waals surface area contributed by atoms with E-state index in [-0.39, 0.29) is 6.04 Å². The Morgan fingerprint density at radius 1 is 1.00 bits per heavy atom. The Morgan fingerprint density at radius 2 is 1.80 bits per heavy atom. The molecule has 0 bridgehead atoms. The number of aromatic nitrogens is 2. The molecule has 100 valence electrons. The molecule has 2 N–H and O–H groups in total. The van der Waals surface area contributed by atoms with Crippen LogP contribution in [0.25, 0.3) is 11.0 Å². The van der Waals surface area contributed by atoms with Crippen LogP contribution in [-0.4, -0.2) is 9.97 Å². The first-order valence-electron chi connectivity index (χ1n) is 6.74. The maximum atomic E-state index is 6.32. The van der Waals surface area contributed by atoms with Crippen molar-refractivity contribution in [2.24, 2.45) is 5.73 Å². The minimum absolute atomic E-state index is 0.0248. The van der Waals surface area contributed by atoms with Gasteiger partial charge in [0.05, 0.1) is 11.0 Å². The highest BCUT2D eigenvalue weighted by atomic mass is 14.8. The van der Waals surface area contributed by atoms with Gasteiger partial charge in [-0.1, -0.05) is 35.9 Å². The molecule has 0 amide bonds. The van der Waals surface area contributed by atoms with Gasteiger partial charge in [-0.05, 0) is 36.6 Å². The fraction of sp³-hybridized carbons (Fsp3) is 0.176. The monoisotopic (exact) mass is 263 g/mol. The molecular formula is C17H17N3. The summed E-state index contributed by atoms with van der Waals surface area (Å²) in [5.41, 5.74) is 11.7. The molecule has 0 spiro atoms. The molecule has 0 fully saturated rings. The summed E-state index contributed by atoms with van der Waals surface area (Å²) in [5, 5.41) is 0. The Balaban J connectivity index is 1.86. The van der Waals surface area contributed by atoms with E-state index in [4.69, 9.17) is 5.73 Å². The average molecular weight is 263 g/mol. The lowest BCUT2D eigenvalue weighted by molar-refractivity contribution is 0.722. The van der Waals surface area contributed by atoms with Gasteiger partial charge in [0.1, 0.15) is 0 Å². The van der Waals surface area contributed by atoms with Crippen LogP contribution in [0, 0.1) is 6.92 Å². The van der Waals surface area contributed by atoms with Crippen LogP contribution in [0.5, 0.6) is 0 Å². The summed E-state index contributed by atoms with van der Waals surface area (Å²) < 4.78 is 0. The Kier molecular flexibility index (Phi) is 3.44. The van der Waals surface area contributed by atoms with E-state index in [0.717, 1.165) is 23.0 Å². The predicted molar refractivity (Wildman–Crippen MR) is 81.3 cm³/mol. The molecular weight excluding hydrogens is 246 g/mol. The Bertz CT molecular complexity index is 737. The smallest absolute Gasteiger partial charge is 0.0890 e. The van der Waals surface area contributed by atoms with Crippen LogP contribution < -0.4 is 5.73 Å². The number of nitrogens with zero attached hydrogens (tertiary/aromatic N) is 2. The summed E-state index contributed by atoms with van der Waals surface area (Å²) in [4.78, 5) is 8.60. The first-order chi connectivity index (χ1) is 9.72. The zero-order valence-electron chi connectivity index (χ0n) is 11.5. The summed E-state index contributed by atoms with van der Waals surface area (Å²) in [5.74, 6) is 0. The second-order valence-electron chi connectivity index (χ2n) is 5.10. The molecule has 1 atom stereocenters. The van der Waals surface area contributed by atoms with Crippen molar-refractivity contribution in [1.82, 2.24) is 9.97 Å². The number of hydrogen-bond donors (Lipinski definition) is 1. The quantitative estimate of drug-likeness (QED) is 0.789. The van der Waals surface area contributed by atoms with Crippen molar-refractivity contribution < 1.29 is 0 Å². The molecule has 20 heavy (non-hydrogen) atoms. The fourth-order valence-corrected chi connectivity index (χ4v) is 2.42. The van der Waals surface area contributed by atoms with E-state index >= 15 is 0 Å². The molecule has 0 saturated carbocycles. The summed E-state index contributed by atoms with van der Waals surface area (Å²) in [6.07, 6.45) is 4.24. The number of nitrogens with two attached hydrogens (primary N) is 1. The molecule has 3 aromatic rings. The molecule has 0 radical (unpaired) electrons. The average Bonchev–Trinajstić information content (AvgIpc) is 2.47. The molecule has 3 nitrogen and oxygen atoms in total. The Morgan fingerprint density at radius 3 is 2.60 bits per heavy atom. The topological polar surface area (TPSA) is 51.8 Å². The molecule has 3 heteroatoms. The van der Waals surface area contributed by atoms with Gasteiger partial charge in [-0.3, -0.25) is 9.97 Å². The molecule has 0 aliphatic carbocycles. The zero-order valence-corrected chi connectivity index (χ0v) is 11.5. The third-order valence-corrected chi connectivity index (χ3v) is 3.46. The number of rotatable bonds is 3. The lowest BCUT2D eigenvalue weighted by Crippen LogP contribution is -2.13. The Hall–Kier alpha value is -2.26. The van der Waals surface area contributed by atoms with Crippen molar-refractivity contribution in [3.8, 4) is 0 Å². The highest BCUT2D eigenvalue weighted by Crippen LogP contribution is 2.20. The standard InChI is InChI=1S/C17H17N3/c1-12-3-2-4-13(9-12)10-15(18)14-5-6-16-17(11-14)20-8-7-19-16/h2-9,11,15H,10,18H2,1H3. The number of fused-ring (bicyclic) bond motifs is 1. The van der Waals surface area contributed by atoms with E-state index < -0.39 is 0 Å². The van der Waals surface area contributed by atoms with E-state index in [1.165, 1.54) is 11.1 Å². The number of benzene rings is 2. The van der Waals surface area contributed by atoms with Crippen molar-refractivity contribution >= 4 is 11.0 Å². The number of aryl methyl sites for hydroxylation is 1. The summed E-state index contributed by atoms with van der Waals surface area (Å²) in [7, 11) is 0. The van der Waals surface area contributed by atoms with E-state index in [2.05, 4.69) is 41.2 Å². The van der Waals surface area contributed by atoms with Crippen LogP contribution in [0.1, 0.15) is 22.7 Å². The van der Waals surface area contributed by atoms with E-state index in [1.807, 2.05) is 18.2 Å². The summed E-state index contributed by atoms with van der Waals surface area (Å²) in [6.45, 7) is 2.10. The zero-order chi connectivity index (χ0) is 13.9. The minimum atomic E-state index is -0.0248. The summed E-state index contributed by atoms with van der Waals surface area (Å²) in [6, 6.07) is 14.5. The fourth-order valence-electron chi connectivity index (χ4n) is 2.42. The lowest BCUT2D eigenvalue weighted by Gasteiger charge is -2.13. The molecule has 2 aromatic carbocycles. The van der Waals surface area contributed by atoms with Crippen LogP contribution in [0.15, 0.2) is 54.9 Å². The highest BCUT2D eigenvalue weighted by Gasteiger charge is 2.08. The van der Waals surface area contributed by atoms with Gasteiger partial charge in [0.15, 0.2) is 0 Å². The van der Waals surface area contributed by atoms with Gasteiger partial charge < -0.3 is 5.73 Å². The van der Waals surface area contributed by atoms with Crippen molar-refractivity contribution in [1.29, 1.82) is 0 Å². The molecule has 1 aromatic heterocycles. The Labute approximate surface area is 118 Å². The van der Waals surface area contributed by atoms with Gasteiger partial charge in [0.2, 0.25) is 0 Å². The predicted octanol–water partition coefficient (Wildman–Crippen LogP) is 3.18. The molecule has 1 unspecified atom stereocenters. The van der Waals surface area contributed by atoms with Crippen LogP contribution in [0.3, 0.4) is 0 Å². The van der Waals surface area contributed by atoms with Crippen molar-refractivity contribution in [2.75, 3.05) is 0 Å².